The lowest BCUT2D eigenvalue weighted by Crippen LogP contribution is -1.98. The Labute approximate surface area is 122 Å². The van der Waals surface area contributed by atoms with Gasteiger partial charge < -0.3 is 0 Å². The molecule has 108 valence electrons. The third kappa shape index (κ3) is 2.42. The summed E-state index contributed by atoms with van der Waals surface area (Å²) in [5.74, 6) is -2.50. The van der Waals surface area contributed by atoms with Crippen molar-refractivity contribution in [1.82, 2.24) is 15.0 Å². The van der Waals surface area contributed by atoms with Gasteiger partial charge in [0.25, 0.3) is 0 Å². The topological polar surface area (TPSA) is 54.5 Å². The minimum Gasteiger partial charge on any atom is -0.207 e. The minimum absolute atomic E-state index is 0.0418. The van der Waals surface area contributed by atoms with Crippen LogP contribution in [0.1, 0.15) is 5.56 Å². The number of nitrogens with zero attached hydrogens (tertiary/aromatic N) is 4. The standard InChI is InChI=1S/C15H7F3N4/c16-10-3-1-9(2-4-10)5-11(8-19)22-15-7-13(18)12(17)6-14(15)20-21-22/h1-7H/b11-5+. The van der Waals surface area contributed by atoms with Crippen molar-refractivity contribution in [2.24, 2.45) is 0 Å². The van der Waals surface area contributed by atoms with Crippen LogP contribution in [0, 0.1) is 28.8 Å². The second-order valence-electron chi connectivity index (χ2n) is 4.45. The highest BCUT2D eigenvalue weighted by atomic mass is 19.2. The van der Waals surface area contributed by atoms with E-state index in [1.807, 2.05) is 6.07 Å². The van der Waals surface area contributed by atoms with Crippen molar-refractivity contribution in [3.63, 3.8) is 0 Å². The molecule has 0 atom stereocenters. The van der Waals surface area contributed by atoms with Gasteiger partial charge >= 0.3 is 0 Å². The Balaban J connectivity index is 2.13. The van der Waals surface area contributed by atoms with E-state index in [2.05, 4.69) is 10.3 Å². The third-order valence-electron chi connectivity index (χ3n) is 3.00. The van der Waals surface area contributed by atoms with Crippen LogP contribution < -0.4 is 0 Å². The predicted molar refractivity (Wildman–Crippen MR) is 73.6 cm³/mol. The molecule has 4 nitrogen and oxygen atoms in total. The van der Waals surface area contributed by atoms with E-state index in [1.54, 1.807) is 0 Å². The number of hydrogen-bond acceptors (Lipinski definition) is 3. The van der Waals surface area contributed by atoms with Crippen molar-refractivity contribution < 1.29 is 13.2 Å². The molecule has 2 aromatic carbocycles. The number of hydrogen-bond donors (Lipinski definition) is 0. The SMILES string of the molecule is N#C/C(=C\c1ccc(F)cc1)n1nnc2cc(F)c(F)cc21. The summed E-state index contributed by atoms with van der Waals surface area (Å²) in [7, 11) is 0. The Kier molecular flexibility index (Phi) is 3.35. The van der Waals surface area contributed by atoms with Crippen LogP contribution in [0.2, 0.25) is 0 Å². The monoisotopic (exact) mass is 300 g/mol. The molecule has 0 unspecified atom stereocenters. The van der Waals surface area contributed by atoms with E-state index >= 15 is 0 Å². The van der Waals surface area contributed by atoms with Gasteiger partial charge in [0.15, 0.2) is 11.6 Å². The third-order valence-corrected chi connectivity index (χ3v) is 3.00. The average molecular weight is 300 g/mol. The van der Waals surface area contributed by atoms with Crippen LogP contribution in [0.15, 0.2) is 36.4 Å². The molecule has 0 aliphatic heterocycles. The quantitative estimate of drug-likeness (QED) is 0.682. The van der Waals surface area contributed by atoms with Gasteiger partial charge in [0.1, 0.15) is 23.1 Å². The molecule has 0 fully saturated rings. The fourth-order valence-electron chi connectivity index (χ4n) is 1.95. The zero-order chi connectivity index (χ0) is 15.7. The predicted octanol–water partition coefficient (Wildman–Crippen LogP) is 3.37. The fourth-order valence-corrected chi connectivity index (χ4v) is 1.95. The maximum Gasteiger partial charge on any atom is 0.161 e. The molecule has 0 saturated carbocycles. The second kappa shape index (κ2) is 5.33. The molecule has 1 heterocycles. The van der Waals surface area contributed by atoms with Crippen molar-refractivity contribution in [1.29, 1.82) is 5.26 Å². The number of halogens is 3. The normalized spacial score (nSPS) is 11.6. The molecule has 22 heavy (non-hydrogen) atoms. The molecule has 0 aliphatic carbocycles. The summed E-state index contributed by atoms with van der Waals surface area (Å²) >= 11 is 0. The molecule has 3 aromatic rings. The molecule has 0 bridgehead atoms. The molecule has 0 saturated heterocycles. The lowest BCUT2D eigenvalue weighted by atomic mass is 10.2. The zero-order valence-corrected chi connectivity index (χ0v) is 11.0. The van der Waals surface area contributed by atoms with E-state index in [0.29, 0.717) is 5.56 Å². The summed E-state index contributed by atoms with van der Waals surface area (Å²) in [6, 6.07) is 9.17. The molecular weight excluding hydrogens is 293 g/mol. The first-order valence-corrected chi connectivity index (χ1v) is 6.16. The first-order valence-electron chi connectivity index (χ1n) is 6.16. The Bertz CT molecular complexity index is 920. The molecule has 0 radical (unpaired) electrons. The highest BCUT2D eigenvalue weighted by molar-refractivity contribution is 5.86. The molecular formula is C15H7F3N4. The van der Waals surface area contributed by atoms with Crippen LogP contribution >= 0.6 is 0 Å². The summed E-state index contributed by atoms with van der Waals surface area (Å²) in [5.41, 5.74) is 0.886. The van der Waals surface area contributed by atoms with Gasteiger partial charge in [0, 0.05) is 12.1 Å². The number of fused-ring (bicyclic) bond motifs is 1. The lowest BCUT2D eigenvalue weighted by molar-refractivity contribution is 0.510. The summed E-state index contributed by atoms with van der Waals surface area (Å²) in [6.07, 6.45) is 1.44. The first kappa shape index (κ1) is 13.8. The van der Waals surface area contributed by atoms with Crippen molar-refractivity contribution in [2.75, 3.05) is 0 Å². The van der Waals surface area contributed by atoms with Crippen molar-refractivity contribution in [2.45, 2.75) is 0 Å². The van der Waals surface area contributed by atoms with Crippen molar-refractivity contribution >= 4 is 22.8 Å². The van der Waals surface area contributed by atoms with Gasteiger partial charge in [-0.3, -0.25) is 0 Å². The Morgan fingerprint density at radius 2 is 1.77 bits per heavy atom. The van der Waals surface area contributed by atoms with Gasteiger partial charge in [-0.2, -0.15) is 5.26 Å². The molecule has 0 amide bonds. The lowest BCUT2D eigenvalue weighted by Gasteiger charge is -2.01. The largest absolute Gasteiger partial charge is 0.207 e. The van der Waals surface area contributed by atoms with E-state index in [4.69, 9.17) is 0 Å². The Morgan fingerprint density at radius 3 is 2.45 bits per heavy atom. The van der Waals surface area contributed by atoms with Gasteiger partial charge in [0.05, 0.1) is 5.52 Å². The van der Waals surface area contributed by atoms with Crippen LogP contribution in [0.25, 0.3) is 22.8 Å². The van der Waals surface area contributed by atoms with E-state index in [9.17, 15) is 18.4 Å². The molecule has 0 aliphatic rings. The number of rotatable bonds is 2. The van der Waals surface area contributed by atoms with Crippen LogP contribution in [-0.4, -0.2) is 15.0 Å². The Morgan fingerprint density at radius 1 is 1.09 bits per heavy atom. The molecule has 7 heteroatoms. The van der Waals surface area contributed by atoms with Gasteiger partial charge in [-0.15, -0.1) is 5.10 Å². The second-order valence-corrected chi connectivity index (χ2v) is 4.45. The van der Waals surface area contributed by atoms with E-state index in [1.165, 1.54) is 30.3 Å². The maximum atomic E-state index is 13.4. The summed E-state index contributed by atoms with van der Waals surface area (Å²) in [4.78, 5) is 0. The molecule has 0 spiro atoms. The fraction of sp³-hybridized carbons (Fsp3) is 0. The smallest absolute Gasteiger partial charge is 0.161 e. The van der Waals surface area contributed by atoms with Gasteiger partial charge in [-0.1, -0.05) is 17.3 Å². The van der Waals surface area contributed by atoms with E-state index < -0.39 is 17.5 Å². The first-order chi connectivity index (χ1) is 10.6. The summed E-state index contributed by atoms with van der Waals surface area (Å²) in [6.45, 7) is 0. The Hall–Kier alpha value is -3.14. The van der Waals surface area contributed by atoms with Gasteiger partial charge in [-0.25, -0.2) is 17.9 Å². The van der Waals surface area contributed by atoms with Crippen LogP contribution in [0.3, 0.4) is 0 Å². The van der Waals surface area contributed by atoms with Crippen molar-refractivity contribution in [3.8, 4) is 6.07 Å². The highest BCUT2D eigenvalue weighted by Crippen LogP contribution is 2.20. The minimum atomic E-state index is -1.06. The van der Waals surface area contributed by atoms with Gasteiger partial charge in [-0.05, 0) is 23.8 Å². The van der Waals surface area contributed by atoms with E-state index in [-0.39, 0.29) is 16.7 Å². The number of nitriles is 1. The van der Waals surface area contributed by atoms with E-state index in [0.717, 1.165) is 16.8 Å². The van der Waals surface area contributed by atoms with Crippen molar-refractivity contribution in [3.05, 3.63) is 59.4 Å². The number of aromatic nitrogens is 3. The molecule has 0 N–H and O–H groups in total. The molecule has 1 aromatic heterocycles. The zero-order valence-electron chi connectivity index (χ0n) is 11.0. The highest BCUT2D eigenvalue weighted by Gasteiger charge is 2.13. The summed E-state index contributed by atoms with van der Waals surface area (Å²) in [5, 5.41) is 16.7. The summed E-state index contributed by atoms with van der Waals surface area (Å²) < 4.78 is 40.5. The maximum absolute atomic E-state index is 13.4. The van der Waals surface area contributed by atoms with Gasteiger partial charge in [0.2, 0.25) is 0 Å². The van der Waals surface area contributed by atoms with Crippen LogP contribution in [0.5, 0.6) is 0 Å². The van der Waals surface area contributed by atoms with Crippen LogP contribution in [-0.2, 0) is 0 Å². The van der Waals surface area contributed by atoms with Crippen LogP contribution in [0.4, 0.5) is 13.2 Å². The number of benzene rings is 2. The molecule has 3 rings (SSSR count). The average Bonchev–Trinajstić information content (AvgIpc) is 2.90. The number of allylic oxidation sites excluding steroid dienone is 1.